The van der Waals surface area contributed by atoms with Gasteiger partial charge < -0.3 is 11.1 Å². The molecule has 1 rings (SSSR count). The third-order valence-corrected chi connectivity index (χ3v) is 3.48. The highest BCUT2D eigenvalue weighted by molar-refractivity contribution is 5.76. The molecule has 0 aliphatic carbocycles. The molecule has 1 aromatic rings. The standard InChI is InChI=1S/C17H28N2O/c1-13-10-14(2)12-16(11-13)15(3)19-17(20)8-6-4-5-7-9-18/h10-12,15H,4-9,18H2,1-3H3,(H,19,20). The van der Waals surface area contributed by atoms with Crippen LogP contribution in [0.3, 0.4) is 0 Å². The molecule has 3 heteroatoms. The number of aryl methyl sites for hydroxylation is 2. The van der Waals surface area contributed by atoms with Gasteiger partial charge in [0.15, 0.2) is 0 Å². The maximum Gasteiger partial charge on any atom is 0.220 e. The average molecular weight is 276 g/mol. The van der Waals surface area contributed by atoms with Gasteiger partial charge in [0.1, 0.15) is 0 Å². The Morgan fingerprint density at radius 2 is 1.70 bits per heavy atom. The van der Waals surface area contributed by atoms with Crippen LogP contribution in [0, 0.1) is 13.8 Å². The van der Waals surface area contributed by atoms with Crippen LogP contribution in [0.2, 0.25) is 0 Å². The van der Waals surface area contributed by atoms with E-state index in [-0.39, 0.29) is 11.9 Å². The fraction of sp³-hybridized carbons (Fsp3) is 0.588. The van der Waals surface area contributed by atoms with E-state index < -0.39 is 0 Å². The Morgan fingerprint density at radius 1 is 1.10 bits per heavy atom. The molecule has 0 radical (unpaired) electrons. The van der Waals surface area contributed by atoms with Crippen LogP contribution < -0.4 is 11.1 Å². The van der Waals surface area contributed by atoms with E-state index in [1.807, 2.05) is 6.92 Å². The first kappa shape index (κ1) is 16.7. The van der Waals surface area contributed by atoms with Gasteiger partial charge in [-0.3, -0.25) is 4.79 Å². The molecule has 0 bridgehead atoms. The van der Waals surface area contributed by atoms with Gasteiger partial charge in [-0.25, -0.2) is 0 Å². The maximum absolute atomic E-state index is 11.9. The lowest BCUT2D eigenvalue weighted by molar-refractivity contribution is -0.121. The van der Waals surface area contributed by atoms with Crippen molar-refractivity contribution >= 4 is 5.91 Å². The summed E-state index contributed by atoms with van der Waals surface area (Å²) < 4.78 is 0. The van der Waals surface area contributed by atoms with Crippen molar-refractivity contribution in [3.63, 3.8) is 0 Å². The zero-order chi connectivity index (χ0) is 15.0. The van der Waals surface area contributed by atoms with Gasteiger partial charge in [-0.1, -0.05) is 42.2 Å². The minimum atomic E-state index is 0.0742. The van der Waals surface area contributed by atoms with Crippen LogP contribution in [-0.2, 0) is 4.79 Å². The molecule has 0 aliphatic rings. The average Bonchev–Trinajstić information content (AvgIpc) is 2.37. The topological polar surface area (TPSA) is 55.1 Å². The van der Waals surface area contributed by atoms with Crippen LogP contribution in [-0.4, -0.2) is 12.5 Å². The quantitative estimate of drug-likeness (QED) is 0.715. The van der Waals surface area contributed by atoms with Crippen molar-refractivity contribution in [3.05, 3.63) is 34.9 Å². The lowest BCUT2D eigenvalue weighted by Gasteiger charge is -2.16. The SMILES string of the molecule is Cc1cc(C)cc(C(C)NC(=O)CCCCCCN)c1. The molecule has 0 aromatic heterocycles. The zero-order valence-corrected chi connectivity index (χ0v) is 13.0. The van der Waals surface area contributed by atoms with Gasteiger partial charge in [-0.15, -0.1) is 0 Å². The largest absolute Gasteiger partial charge is 0.350 e. The van der Waals surface area contributed by atoms with E-state index in [1.165, 1.54) is 16.7 Å². The Kier molecular flexibility index (Phi) is 7.31. The molecule has 0 saturated heterocycles. The number of carbonyl (C=O) groups excluding carboxylic acids is 1. The van der Waals surface area contributed by atoms with Gasteiger partial charge in [0.2, 0.25) is 5.91 Å². The third kappa shape index (κ3) is 6.20. The van der Waals surface area contributed by atoms with E-state index in [4.69, 9.17) is 5.73 Å². The number of carbonyl (C=O) groups is 1. The summed E-state index contributed by atoms with van der Waals surface area (Å²) in [6, 6.07) is 6.50. The molecule has 1 aromatic carbocycles. The van der Waals surface area contributed by atoms with Crippen molar-refractivity contribution in [3.8, 4) is 0 Å². The molecule has 20 heavy (non-hydrogen) atoms. The second-order valence-electron chi connectivity index (χ2n) is 5.66. The van der Waals surface area contributed by atoms with Crippen molar-refractivity contribution in [1.29, 1.82) is 0 Å². The van der Waals surface area contributed by atoms with Crippen LogP contribution in [0.25, 0.3) is 0 Å². The minimum Gasteiger partial charge on any atom is -0.350 e. The summed E-state index contributed by atoms with van der Waals surface area (Å²) >= 11 is 0. The first-order valence-electron chi connectivity index (χ1n) is 7.60. The van der Waals surface area contributed by atoms with Crippen molar-refractivity contribution in [1.82, 2.24) is 5.32 Å². The minimum absolute atomic E-state index is 0.0742. The molecule has 1 unspecified atom stereocenters. The monoisotopic (exact) mass is 276 g/mol. The molecule has 0 aliphatic heterocycles. The molecule has 1 atom stereocenters. The Hall–Kier alpha value is -1.35. The molecule has 0 fully saturated rings. The van der Waals surface area contributed by atoms with Gasteiger partial charge in [0, 0.05) is 6.42 Å². The van der Waals surface area contributed by atoms with Gasteiger partial charge >= 0.3 is 0 Å². The normalized spacial score (nSPS) is 12.2. The highest BCUT2D eigenvalue weighted by atomic mass is 16.1. The van der Waals surface area contributed by atoms with Gasteiger partial charge in [0.05, 0.1) is 6.04 Å². The highest BCUT2D eigenvalue weighted by Crippen LogP contribution is 2.17. The van der Waals surface area contributed by atoms with Crippen LogP contribution >= 0.6 is 0 Å². The van der Waals surface area contributed by atoms with E-state index in [0.29, 0.717) is 6.42 Å². The predicted octanol–water partition coefficient (Wildman–Crippen LogP) is 3.39. The zero-order valence-electron chi connectivity index (χ0n) is 13.0. The number of rotatable bonds is 8. The number of hydrogen-bond acceptors (Lipinski definition) is 2. The predicted molar refractivity (Wildman–Crippen MR) is 84.6 cm³/mol. The third-order valence-electron chi connectivity index (χ3n) is 3.48. The Bertz CT molecular complexity index is 409. The first-order chi connectivity index (χ1) is 9.52. The molecule has 3 nitrogen and oxygen atoms in total. The Morgan fingerprint density at radius 3 is 2.30 bits per heavy atom. The van der Waals surface area contributed by atoms with Crippen LogP contribution in [0.1, 0.15) is 61.8 Å². The number of unbranched alkanes of at least 4 members (excludes halogenated alkanes) is 3. The summed E-state index contributed by atoms with van der Waals surface area (Å²) in [6.45, 7) is 6.96. The smallest absolute Gasteiger partial charge is 0.220 e. The second-order valence-corrected chi connectivity index (χ2v) is 5.66. The van der Waals surface area contributed by atoms with Crippen molar-refractivity contribution in [2.45, 2.75) is 58.9 Å². The van der Waals surface area contributed by atoms with Gasteiger partial charge in [0.25, 0.3) is 0 Å². The van der Waals surface area contributed by atoms with Crippen LogP contribution in [0.4, 0.5) is 0 Å². The second kappa shape index (κ2) is 8.75. The fourth-order valence-electron chi connectivity index (χ4n) is 2.44. The summed E-state index contributed by atoms with van der Waals surface area (Å²) in [4.78, 5) is 11.9. The van der Waals surface area contributed by atoms with E-state index in [9.17, 15) is 4.79 Å². The number of nitrogens with one attached hydrogen (secondary N) is 1. The van der Waals surface area contributed by atoms with Gasteiger partial charge in [-0.05, 0) is 45.7 Å². The maximum atomic E-state index is 11.9. The summed E-state index contributed by atoms with van der Waals surface area (Å²) in [5, 5.41) is 3.08. The summed E-state index contributed by atoms with van der Waals surface area (Å²) in [6.07, 6.45) is 4.82. The molecule has 0 heterocycles. The lowest BCUT2D eigenvalue weighted by Crippen LogP contribution is -2.26. The lowest BCUT2D eigenvalue weighted by atomic mass is 10.0. The fourth-order valence-corrected chi connectivity index (χ4v) is 2.44. The molecule has 112 valence electrons. The van der Waals surface area contributed by atoms with Crippen LogP contribution in [0.15, 0.2) is 18.2 Å². The van der Waals surface area contributed by atoms with Crippen LogP contribution in [0.5, 0.6) is 0 Å². The molecular formula is C17H28N2O. The summed E-state index contributed by atoms with van der Waals surface area (Å²) in [7, 11) is 0. The first-order valence-corrected chi connectivity index (χ1v) is 7.60. The van der Waals surface area contributed by atoms with E-state index in [0.717, 1.165) is 32.2 Å². The number of benzene rings is 1. The number of amides is 1. The highest BCUT2D eigenvalue weighted by Gasteiger charge is 2.10. The van der Waals surface area contributed by atoms with E-state index in [1.54, 1.807) is 0 Å². The van der Waals surface area contributed by atoms with Crippen molar-refractivity contribution in [2.75, 3.05) is 6.54 Å². The van der Waals surface area contributed by atoms with Gasteiger partial charge in [-0.2, -0.15) is 0 Å². The Labute approximate surface area is 122 Å². The Balaban J connectivity index is 2.37. The molecule has 0 saturated carbocycles. The molecular weight excluding hydrogens is 248 g/mol. The number of hydrogen-bond donors (Lipinski definition) is 2. The summed E-state index contributed by atoms with van der Waals surface area (Å²) in [5.41, 5.74) is 9.10. The van der Waals surface area contributed by atoms with Crippen molar-refractivity contribution < 1.29 is 4.79 Å². The van der Waals surface area contributed by atoms with E-state index >= 15 is 0 Å². The van der Waals surface area contributed by atoms with Crippen molar-refractivity contribution in [2.24, 2.45) is 5.73 Å². The summed E-state index contributed by atoms with van der Waals surface area (Å²) in [5.74, 6) is 0.143. The molecule has 0 spiro atoms. The number of nitrogens with two attached hydrogens (primary N) is 1. The molecule has 3 N–H and O–H groups in total. The van der Waals surface area contributed by atoms with E-state index in [2.05, 4.69) is 37.4 Å². The molecule has 1 amide bonds.